The molecule has 2 aromatic rings. The molecule has 0 saturated carbocycles. The zero-order chi connectivity index (χ0) is 11.8. The predicted molar refractivity (Wildman–Crippen MR) is 70.0 cm³/mol. The van der Waals surface area contributed by atoms with Crippen LogP contribution in [0.5, 0.6) is 0 Å². The first-order valence-electron chi connectivity index (χ1n) is 5.72. The van der Waals surface area contributed by atoms with Crippen LogP contribution in [0.25, 0.3) is 0 Å². The van der Waals surface area contributed by atoms with E-state index in [-0.39, 0.29) is 6.04 Å². The Morgan fingerprint density at radius 1 is 1.41 bits per heavy atom. The number of benzene rings is 1. The van der Waals surface area contributed by atoms with Gasteiger partial charge in [0.05, 0.1) is 11.7 Å². The number of aromatic nitrogens is 2. The van der Waals surface area contributed by atoms with Crippen molar-refractivity contribution in [2.24, 2.45) is 12.8 Å². The van der Waals surface area contributed by atoms with Gasteiger partial charge in [-0.25, -0.2) is 0 Å². The number of fused-ring (bicyclic) bond motifs is 1. The molecule has 88 valence electrons. The minimum absolute atomic E-state index is 0.0265. The van der Waals surface area contributed by atoms with Crippen molar-refractivity contribution in [3.63, 3.8) is 0 Å². The van der Waals surface area contributed by atoms with E-state index >= 15 is 0 Å². The molecule has 0 aliphatic carbocycles. The summed E-state index contributed by atoms with van der Waals surface area (Å²) in [5.74, 6) is 1.46. The van der Waals surface area contributed by atoms with E-state index in [0.717, 1.165) is 11.4 Å². The third-order valence-electron chi connectivity index (χ3n) is 3.37. The van der Waals surface area contributed by atoms with E-state index in [0.29, 0.717) is 5.92 Å². The Bertz CT molecular complexity index is 535. The van der Waals surface area contributed by atoms with Crippen molar-refractivity contribution in [2.75, 3.05) is 5.75 Å². The van der Waals surface area contributed by atoms with E-state index in [1.807, 2.05) is 35.8 Å². The fourth-order valence-corrected chi connectivity index (χ4v) is 3.71. The zero-order valence-electron chi connectivity index (χ0n) is 9.71. The van der Waals surface area contributed by atoms with Gasteiger partial charge in [-0.1, -0.05) is 18.2 Å². The topological polar surface area (TPSA) is 43.8 Å². The highest BCUT2D eigenvalue weighted by atomic mass is 32.2. The molecule has 2 heterocycles. The van der Waals surface area contributed by atoms with Crippen molar-refractivity contribution >= 4 is 11.8 Å². The predicted octanol–water partition coefficient (Wildman–Crippen LogP) is 2.31. The lowest BCUT2D eigenvalue weighted by Crippen LogP contribution is -2.22. The second-order valence-corrected chi connectivity index (χ2v) is 5.42. The first-order valence-corrected chi connectivity index (χ1v) is 6.71. The van der Waals surface area contributed by atoms with E-state index in [1.54, 1.807) is 0 Å². The van der Waals surface area contributed by atoms with Crippen molar-refractivity contribution in [2.45, 2.75) is 16.9 Å². The van der Waals surface area contributed by atoms with Gasteiger partial charge in [0.15, 0.2) is 0 Å². The van der Waals surface area contributed by atoms with Gasteiger partial charge in [0.2, 0.25) is 0 Å². The normalized spacial score (nSPS) is 20.2. The van der Waals surface area contributed by atoms with Gasteiger partial charge in [-0.05, 0) is 17.7 Å². The van der Waals surface area contributed by atoms with Crippen LogP contribution in [0.1, 0.15) is 23.2 Å². The van der Waals surface area contributed by atoms with Crippen molar-refractivity contribution < 1.29 is 0 Å². The Balaban J connectivity index is 1.95. The number of nitrogens with zero attached hydrogens (tertiary/aromatic N) is 2. The molecule has 0 bridgehead atoms. The summed E-state index contributed by atoms with van der Waals surface area (Å²) < 4.78 is 1.87. The molecule has 2 unspecified atom stereocenters. The highest BCUT2D eigenvalue weighted by Gasteiger charge is 2.30. The molecular formula is C13H15N3S. The third-order valence-corrected chi connectivity index (χ3v) is 4.58. The Kier molecular flexibility index (Phi) is 2.68. The SMILES string of the molecule is Cn1nccc1C(N)C1CSc2ccccc21. The van der Waals surface area contributed by atoms with E-state index in [9.17, 15) is 0 Å². The van der Waals surface area contributed by atoms with Crippen LogP contribution in [0.3, 0.4) is 0 Å². The van der Waals surface area contributed by atoms with Crippen LogP contribution >= 0.6 is 11.8 Å². The maximum Gasteiger partial charge on any atom is 0.0554 e. The molecule has 0 spiro atoms. The lowest BCUT2D eigenvalue weighted by atomic mass is 9.92. The minimum Gasteiger partial charge on any atom is -0.322 e. The minimum atomic E-state index is 0.0265. The van der Waals surface area contributed by atoms with E-state index in [1.165, 1.54) is 10.5 Å². The summed E-state index contributed by atoms with van der Waals surface area (Å²) >= 11 is 1.90. The Hall–Kier alpha value is -1.26. The molecule has 4 heteroatoms. The highest BCUT2D eigenvalue weighted by molar-refractivity contribution is 7.99. The smallest absolute Gasteiger partial charge is 0.0554 e. The monoisotopic (exact) mass is 245 g/mol. The van der Waals surface area contributed by atoms with Gasteiger partial charge in [0.1, 0.15) is 0 Å². The molecule has 2 atom stereocenters. The lowest BCUT2D eigenvalue weighted by molar-refractivity contribution is 0.551. The largest absolute Gasteiger partial charge is 0.322 e. The fourth-order valence-electron chi connectivity index (χ4n) is 2.40. The Labute approximate surface area is 105 Å². The molecule has 3 rings (SSSR count). The quantitative estimate of drug-likeness (QED) is 0.883. The first-order chi connectivity index (χ1) is 8.27. The number of rotatable bonds is 2. The van der Waals surface area contributed by atoms with Gasteiger partial charge in [-0.2, -0.15) is 5.10 Å². The summed E-state index contributed by atoms with van der Waals surface area (Å²) in [7, 11) is 1.95. The van der Waals surface area contributed by atoms with Gasteiger partial charge >= 0.3 is 0 Å². The number of hydrogen-bond donors (Lipinski definition) is 1. The molecule has 17 heavy (non-hydrogen) atoms. The van der Waals surface area contributed by atoms with Crippen LogP contribution in [0.15, 0.2) is 41.4 Å². The summed E-state index contributed by atoms with van der Waals surface area (Å²) in [5.41, 5.74) is 8.87. The van der Waals surface area contributed by atoms with Gasteiger partial charge in [-0.3, -0.25) is 4.68 Å². The molecule has 1 aliphatic rings. The average molecular weight is 245 g/mol. The summed E-state index contributed by atoms with van der Waals surface area (Å²) in [6, 6.07) is 10.6. The lowest BCUT2D eigenvalue weighted by Gasteiger charge is -2.19. The highest BCUT2D eigenvalue weighted by Crippen LogP contribution is 2.44. The van der Waals surface area contributed by atoms with Gasteiger partial charge in [0.25, 0.3) is 0 Å². The van der Waals surface area contributed by atoms with Crippen LogP contribution in [0.4, 0.5) is 0 Å². The van der Waals surface area contributed by atoms with Crippen molar-refractivity contribution in [3.05, 3.63) is 47.8 Å². The van der Waals surface area contributed by atoms with Crippen LogP contribution in [-0.4, -0.2) is 15.5 Å². The standard InChI is InChI=1S/C13H15N3S/c1-16-11(6-7-15-16)13(14)10-8-17-12-5-3-2-4-9(10)12/h2-7,10,13H,8,14H2,1H3. The third kappa shape index (κ3) is 1.77. The Morgan fingerprint density at radius 2 is 2.24 bits per heavy atom. The van der Waals surface area contributed by atoms with Gasteiger partial charge in [0, 0.05) is 29.8 Å². The molecule has 2 N–H and O–H groups in total. The van der Waals surface area contributed by atoms with E-state index in [2.05, 4.69) is 29.4 Å². The van der Waals surface area contributed by atoms with Crippen LogP contribution in [0, 0.1) is 0 Å². The average Bonchev–Trinajstić information content (AvgIpc) is 2.94. The van der Waals surface area contributed by atoms with Crippen molar-refractivity contribution in [1.29, 1.82) is 0 Å². The van der Waals surface area contributed by atoms with Crippen molar-refractivity contribution in [3.8, 4) is 0 Å². The summed E-state index contributed by atoms with van der Waals surface area (Å²) in [6.07, 6.45) is 1.81. The molecule has 1 aliphatic heterocycles. The summed E-state index contributed by atoms with van der Waals surface area (Å²) in [4.78, 5) is 1.37. The Morgan fingerprint density at radius 3 is 3.00 bits per heavy atom. The number of nitrogens with two attached hydrogens (primary N) is 1. The second-order valence-electron chi connectivity index (χ2n) is 4.36. The maximum atomic E-state index is 6.39. The fraction of sp³-hybridized carbons (Fsp3) is 0.308. The molecule has 0 fully saturated rings. The van der Waals surface area contributed by atoms with Crippen LogP contribution in [0.2, 0.25) is 0 Å². The molecule has 1 aromatic carbocycles. The molecule has 3 nitrogen and oxygen atoms in total. The molecular weight excluding hydrogens is 230 g/mol. The molecule has 0 radical (unpaired) electrons. The number of aryl methyl sites for hydroxylation is 1. The zero-order valence-corrected chi connectivity index (χ0v) is 10.5. The van der Waals surface area contributed by atoms with Gasteiger partial charge < -0.3 is 5.73 Å². The van der Waals surface area contributed by atoms with E-state index < -0.39 is 0 Å². The van der Waals surface area contributed by atoms with Gasteiger partial charge in [-0.15, -0.1) is 11.8 Å². The molecule has 1 aromatic heterocycles. The summed E-state index contributed by atoms with van der Waals surface area (Å²) in [6.45, 7) is 0. The molecule has 0 saturated heterocycles. The number of hydrogen-bond acceptors (Lipinski definition) is 3. The summed E-state index contributed by atoms with van der Waals surface area (Å²) in [5, 5.41) is 4.19. The van der Waals surface area contributed by atoms with Crippen molar-refractivity contribution in [1.82, 2.24) is 9.78 Å². The second kappa shape index (κ2) is 4.20. The first kappa shape index (κ1) is 10.9. The maximum absolute atomic E-state index is 6.39. The van der Waals surface area contributed by atoms with Crippen LogP contribution in [-0.2, 0) is 7.05 Å². The number of thioether (sulfide) groups is 1. The van der Waals surface area contributed by atoms with E-state index in [4.69, 9.17) is 5.73 Å². The molecule has 0 amide bonds. The van der Waals surface area contributed by atoms with Crippen LogP contribution < -0.4 is 5.73 Å².